The maximum Gasteiger partial charge on any atom is 0.320 e. The molecular formula is C29H33FN6O2. The van der Waals surface area contributed by atoms with Crippen LogP contribution in [0.25, 0.3) is 16.9 Å². The van der Waals surface area contributed by atoms with Gasteiger partial charge in [0.25, 0.3) is 0 Å². The van der Waals surface area contributed by atoms with Crippen LogP contribution in [0.15, 0.2) is 73.1 Å². The van der Waals surface area contributed by atoms with E-state index in [2.05, 4.69) is 15.7 Å². The van der Waals surface area contributed by atoms with E-state index in [-0.39, 0.29) is 18.4 Å². The maximum atomic E-state index is 15.8. The van der Waals surface area contributed by atoms with Crippen molar-refractivity contribution < 1.29 is 13.9 Å². The number of alkyl halides is 1. The molecule has 2 N–H and O–H groups in total. The average molecular weight is 517 g/mol. The molecule has 0 saturated heterocycles. The molecule has 0 bridgehead atoms. The summed E-state index contributed by atoms with van der Waals surface area (Å²) in [7, 11) is 3.43. The molecule has 1 aliphatic carbocycles. The first-order chi connectivity index (χ1) is 18.4. The van der Waals surface area contributed by atoms with E-state index in [1.54, 1.807) is 22.7 Å². The molecule has 0 spiro atoms. The fourth-order valence-electron chi connectivity index (χ4n) is 5.38. The van der Waals surface area contributed by atoms with Gasteiger partial charge in [-0.05, 0) is 31.0 Å². The van der Waals surface area contributed by atoms with Crippen LogP contribution in [0.2, 0.25) is 0 Å². The molecule has 198 valence electrons. The van der Waals surface area contributed by atoms with Crippen LogP contribution in [-0.2, 0) is 11.8 Å². The quantitative estimate of drug-likeness (QED) is 0.329. The molecule has 38 heavy (non-hydrogen) atoms. The molecule has 9 heteroatoms. The summed E-state index contributed by atoms with van der Waals surface area (Å²) < 4.78 is 24.4. The number of methoxy groups -OCH3 is 1. The highest BCUT2D eigenvalue weighted by Crippen LogP contribution is 2.45. The average Bonchev–Trinajstić information content (AvgIpc) is 3.59. The summed E-state index contributed by atoms with van der Waals surface area (Å²) in [6.07, 6.45) is 4.48. The van der Waals surface area contributed by atoms with Crippen LogP contribution in [0.1, 0.15) is 36.3 Å². The molecule has 0 unspecified atom stereocenters. The highest BCUT2D eigenvalue weighted by atomic mass is 19.1. The zero-order valence-electron chi connectivity index (χ0n) is 21.9. The molecule has 2 amide bonds. The molecule has 8 nitrogen and oxygen atoms in total. The highest BCUT2D eigenvalue weighted by molar-refractivity contribution is 5.91. The lowest BCUT2D eigenvalue weighted by atomic mass is 9.92. The monoisotopic (exact) mass is 516 g/mol. The Balaban J connectivity index is 1.43. The van der Waals surface area contributed by atoms with Crippen molar-refractivity contribution in [3.63, 3.8) is 0 Å². The van der Waals surface area contributed by atoms with Gasteiger partial charge in [-0.1, -0.05) is 48.5 Å². The maximum absolute atomic E-state index is 15.8. The van der Waals surface area contributed by atoms with E-state index >= 15 is 4.39 Å². The van der Waals surface area contributed by atoms with Gasteiger partial charge in [-0.25, -0.2) is 13.9 Å². The number of para-hydroxylation sites is 1. The van der Waals surface area contributed by atoms with Gasteiger partial charge in [-0.15, -0.1) is 0 Å². The lowest BCUT2D eigenvalue weighted by molar-refractivity contribution is 0.0950. The molecule has 3 atom stereocenters. The zero-order valence-corrected chi connectivity index (χ0v) is 21.9. The van der Waals surface area contributed by atoms with Crippen LogP contribution in [0.5, 0.6) is 0 Å². The van der Waals surface area contributed by atoms with E-state index in [4.69, 9.17) is 9.84 Å². The summed E-state index contributed by atoms with van der Waals surface area (Å²) in [6.45, 7) is 2.26. The fraction of sp³-hybridized carbons (Fsp3) is 0.345. The van der Waals surface area contributed by atoms with Crippen molar-refractivity contribution in [2.24, 2.45) is 7.05 Å². The number of ether oxygens (including phenoxy) is 1. The van der Waals surface area contributed by atoms with Crippen LogP contribution in [-0.4, -0.2) is 51.0 Å². The Kier molecular flexibility index (Phi) is 7.28. The predicted octanol–water partition coefficient (Wildman–Crippen LogP) is 5.39. The minimum absolute atomic E-state index is 0.144. The number of urea groups is 1. The summed E-state index contributed by atoms with van der Waals surface area (Å²) in [4.78, 5) is 13.4. The van der Waals surface area contributed by atoms with E-state index in [0.29, 0.717) is 25.3 Å². The van der Waals surface area contributed by atoms with Crippen molar-refractivity contribution >= 4 is 11.8 Å². The third-order valence-electron chi connectivity index (χ3n) is 7.29. The minimum Gasteiger partial charge on any atom is -0.385 e. The van der Waals surface area contributed by atoms with Gasteiger partial charge in [-0.2, -0.15) is 10.2 Å². The third-order valence-corrected chi connectivity index (χ3v) is 7.29. The van der Waals surface area contributed by atoms with Gasteiger partial charge in [0.1, 0.15) is 17.2 Å². The van der Waals surface area contributed by atoms with Crippen LogP contribution in [0.3, 0.4) is 0 Å². The lowest BCUT2D eigenvalue weighted by Crippen LogP contribution is -2.40. The number of benzene rings is 2. The Bertz CT molecular complexity index is 1390. The van der Waals surface area contributed by atoms with E-state index in [1.165, 1.54) is 0 Å². The predicted molar refractivity (Wildman–Crippen MR) is 145 cm³/mol. The van der Waals surface area contributed by atoms with Crippen LogP contribution >= 0.6 is 0 Å². The Morgan fingerprint density at radius 3 is 2.50 bits per heavy atom. The largest absolute Gasteiger partial charge is 0.385 e. The van der Waals surface area contributed by atoms with E-state index in [0.717, 1.165) is 28.1 Å². The number of carbonyl (C=O) groups is 1. The molecule has 0 radical (unpaired) electrons. The Labute approximate surface area is 221 Å². The fourth-order valence-corrected chi connectivity index (χ4v) is 5.38. The van der Waals surface area contributed by atoms with Crippen molar-refractivity contribution in [1.29, 1.82) is 0 Å². The van der Waals surface area contributed by atoms with Gasteiger partial charge in [0.05, 0.1) is 11.9 Å². The summed E-state index contributed by atoms with van der Waals surface area (Å²) in [6, 6.07) is 18.7. The van der Waals surface area contributed by atoms with Crippen LogP contribution in [0, 0.1) is 6.92 Å². The SMILES string of the molecule is COCC[C@]1(F)C[C@@H](NC(=O)Nc2c(C)c(-c3cnn(C)c3)nn2-c2ccccc2)[C@H](c2ccccc2)C1. The van der Waals surface area contributed by atoms with Gasteiger partial charge in [0.2, 0.25) is 0 Å². The van der Waals surface area contributed by atoms with E-state index in [9.17, 15) is 4.79 Å². The topological polar surface area (TPSA) is 86.0 Å². The Morgan fingerprint density at radius 2 is 1.84 bits per heavy atom. The second-order valence-electron chi connectivity index (χ2n) is 10.00. The molecule has 2 aromatic carbocycles. The van der Waals surface area contributed by atoms with Crippen LogP contribution in [0.4, 0.5) is 15.0 Å². The van der Waals surface area contributed by atoms with Gasteiger partial charge < -0.3 is 10.1 Å². The zero-order chi connectivity index (χ0) is 26.7. The first-order valence-electron chi connectivity index (χ1n) is 12.8. The van der Waals surface area contributed by atoms with Crippen molar-refractivity contribution in [3.8, 4) is 16.9 Å². The standard InChI is InChI=1S/C29H33FN6O2/c1-20-26(22-18-31-35(2)19-22)34-36(23-12-8-5-9-13-23)27(20)33-28(37)32-25-17-29(30,14-15-38-3)16-24(25)21-10-6-4-7-11-21/h4-13,18-19,24-25H,14-17H2,1-3H3,(H2,32,33,37)/t24-,25+,29+/m0/s1. The first kappa shape index (κ1) is 25.7. The number of nitrogens with zero attached hydrogens (tertiary/aromatic N) is 4. The molecule has 2 aromatic heterocycles. The number of amides is 2. The molecule has 4 aromatic rings. The smallest absolute Gasteiger partial charge is 0.320 e. The van der Waals surface area contributed by atoms with Crippen molar-refractivity contribution in [1.82, 2.24) is 24.9 Å². The molecule has 1 fully saturated rings. The number of hydrogen-bond acceptors (Lipinski definition) is 4. The molecular weight excluding hydrogens is 483 g/mol. The Hall–Kier alpha value is -3.98. The minimum atomic E-state index is -1.41. The molecule has 1 aliphatic rings. The first-order valence-corrected chi connectivity index (χ1v) is 12.8. The van der Waals surface area contributed by atoms with Gasteiger partial charge in [0, 0.05) is 62.9 Å². The van der Waals surface area contributed by atoms with E-state index in [1.807, 2.05) is 80.8 Å². The summed E-state index contributed by atoms with van der Waals surface area (Å²) in [5.74, 6) is 0.405. The number of rotatable bonds is 8. The second-order valence-corrected chi connectivity index (χ2v) is 10.00. The molecule has 1 saturated carbocycles. The number of nitrogens with one attached hydrogen (secondary N) is 2. The summed E-state index contributed by atoms with van der Waals surface area (Å²) in [5.41, 5.74) is 2.79. The lowest BCUT2D eigenvalue weighted by Gasteiger charge is -2.21. The molecule has 0 aliphatic heterocycles. The number of carbonyl (C=O) groups excluding carboxylic acids is 1. The summed E-state index contributed by atoms with van der Waals surface area (Å²) in [5, 5.41) is 15.2. The van der Waals surface area contributed by atoms with Crippen LogP contribution < -0.4 is 10.6 Å². The van der Waals surface area contributed by atoms with E-state index < -0.39 is 11.7 Å². The Morgan fingerprint density at radius 1 is 1.13 bits per heavy atom. The third kappa shape index (κ3) is 5.33. The van der Waals surface area contributed by atoms with Gasteiger partial charge >= 0.3 is 6.03 Å². The number of hydrogen-bond donors (Lipinski definition) is 2. The second kappa shape index (κ2) is 10.8. The van der Waals surface area contributed by atoms with Gasteiger partial charge in [-0.3, -0.25) is 10.00 Å². The number of anilines is 1. The van der Waals surface area contributed by atoms with Crippen molar-refractivity contribution in [3.05, 3.63) is 84.2 Å². The summed E-state index contributed by atoms with van der Waals surface area (Å²) >= 11 is 0. The molecule has 5 rings (SSSR count). The van der Waals surface area contributed by atoms with Crippen molar-refractivity contribution in [2.75, 3.05) is 19.0 Å². The highest BCUT2D eigenvalue weighted by Gasteiger charge is 2.46. The van der Waals surface area contributed by atoms with Crippen molar-refractivity contribution in [2.45, 2.75) is 43.8 Å². The normalized spacial score (nSPS) is 20.9. The van der Waals surface area contributed by atoms with Gasteiger partial charge in [0.15, 0.2) is 0 Å². The number of halogens is 1. The number of aryl methyl sites for hydroxylation is 1. The number of aromatic nitrogens is 4. The molecule has 2 heterocycles.